The van der Waals surface area contributed by atoms with E-state index in [4.69, 9.17) is 16.7 Å². The third-order valence-corrected chi connectivity index (χ3v) is 4.49. The van der Waals surface area contributed by atoms with Crippen LogP contribution < -0.4 is 15.8 Å². The fraction of sp³-hybridized carbons (Fsp3) is 0.188. The Kier molecular flexibility index (Phi) is 8.63. The van der Waals surface area contributed by atoms with E-state index in [0.717, 1.165) is 11.1 Å². The number of sulfonamides is 1. The molecule has 0 aliphatic heterocycles. The number of hydrogen-bond donors (Lipinski definition) is 3. The molecule has 0 spiro atoms. The minimum Gasteiger partial charge on any atom is -0.352 e. The van der Waals surface area contributed by atoms with E-state index in [1.165, 1.54) is 12.1 Å². The van der Waals surface area contributed by atoms with Gasteiger partial charge in [0.1, 0.15) is 0 Å². The molecule has 0 unspecified atom stereocenters. The number of nitrogens with two attached hydrogens (primary N) is 1. The molecule has 0 aliphatic carbocycles. The predicted molar refractivity (Wildman–Crippen MR) is 112 cm³/mol. The van der Waals surface area contributed by atoms with Gasteiger partial charge in [0.2, 0.25) is 10.0 Å². The van der Waals surface area contributed by atoms with Crippen LogP contribution in [0, 0.1) is 0 Å². The molecule has 4 N–H and O–H groups in total. The molecular formula is C16H20ClIN4O2S. The van der Waals surface area contributed by atoms with Crippen LogP contribution in [0.4, 0.5) is 0 Å². The maximum Gasteiger partial charge on any atom is 0.238 e. The largest absolute Gasteiger partial charge is 0.352 e. The maximum absolute atomic E-state index is 11.2. The number of halogens is 2. The molecule has 2 rings (SSSR count). The fourth-order valence-corrected chi connectivity index (χ4v) is 2.63. The molecule has 0 fully saturated rings. The lowest BCUT2D eigenvalue weighted by atomic mass is 10.2. The summed E-state index contributed by atoms with van der Waals surface area (Å²) in [7, 11) is -1.98. The molecule has 25 heavy (non-hydrogen) atoms. The molecular weight excluding hydrogens is 475 g/mol. The second-order valence-corrected chi connectivity index (χ2v) is 7.09. The highest BCUT2D eigenvalue weighted by Crippen LogP contribution is 2.10. The van der Waals surface area contributed by atoms with E-state index in [2.05, 4.69) is 15.6 Å². The summed E-state index contributed by atoms with van der Waals surface area (Å²) < 4.78 is 22.4. The van der Waals surface area contributed by atoms with Gasteiger partial charge in [0.25, 0.3) is 0 Å². The Morgan fingerprint density at radius 2 is 1.44 bits per heavy atom. The van der Waals surface area contributed by atoms with Gasteiger partial charge in [-0.1, -0.05) is 35.9 Å². The summed E-state index contributed by atoms with van der Waals surface area (Å²) in [6.45, 7) is 1.12. The zero-order valence-electron chi connectivity index (χ0n) is 13.6. The van der Waals surface area contributed by atoms with Crippen LogP contribution in [0.25, 0.3) is 0 Å². The first-order chi connectivity index (χ1) is 11.4. The summed E-state index contributed by atoms with van der Waals surface area (Å²) in [5.41, 5.74) is 2.00. The summed E-state index contributed by atoms with van der Waals surface area (Å²) in [5, 5.41) is 12.1. The highest BCUT2D eigenvalue weighted by atomic mass is 127. The monoisotopic (exact) mass is 494 g/mol. The first-order valence-corrected chi connectivity index (χ1v) is 9.11. The second kappa shape index (κ2) is 9.95. The van der Waals surface area contributed by atoms with Crippen molar-refractivity contribution in [2.75, 3.05) is 7.05 Å². The molecule has 0 saturated carbocycles. The lowest BCUT2D eigenvalue weighted by Crippen LogP contribution is -2.36. The highest BCUT2D eigenvalue weighted by molar-refractivity contribution is 14.0. The van der Waals surface area contributed by atoms with E-state index in [0.29, 0.717) is 24.1 Å². The third kappa shape index (κ3) is 7.18. The number of nitrogens with zero attached hydrogens (tertiary/aromatic N) is 1. The minimum atomic E-state index is -3.66. The number of hydrogen-bond acceptors (Lipinski definition) is 3. The van der Waals surface area contributed by atoms with E-state index in [9.17, 15) is 8.42 Å². The zero-order chi connectivity index (χ0) is 17.6. The first kappa shape index (κ1) is 21.7. The van der Waals surface area contributed by atoms with Gasteiger partial charge in [-0.05, 0) is 35.4 Å². The van der Waals surface area contributed by atoms with Crippen molar-refractivity contribution in [2.24, 2.45) is 10.1 Å². The van der Waals surface area contributed by atoms with Gasteiger partial charge < -0.3 is 10.6 Å². The Balaban J connectivity index is 0.00000312. The number of rotatable bonds is 5. The SMILES string of the molecule is CN=C(NCc1ccc(Cl)cc1)NCc1ccc(S(N)(=O)=O)cc1.I. The molecule has 0 heterocycles. The number of aliphatic imine (C=N–C) groups is 1. The van der Waals surface area contributed by atoms with Crippen molar-refractivity contribution in [2.45, 2.75) is 18.0 Å². The smallest absolute Gasteiger partial charge is 0.238 e. The van der Waals surface area contributed by atoms with Gasteiger partial charge in [-0.2, -0.15) is 0 Å². The molecule has 0 bridgehead atoms. The van der Waals surface area contributed by atoms with Gasteiger partial charge in [-0.3, -0.25) is 4.99 Å². The van der Waals surface area contributed by atoms with Gasteiger partial charge in [0, 0.05) is 25.2 Å². The van der Waals surface area contributed by atoms with Gasteiger partial charge in [-0.15, -0.1) is 24.0 Å². The standard InChI is InChI=1S/C16H19ClN4O2S.HI/c1-19-16(20-10-12-2-6-14(17)7-3-12)21-11-13-4-8-15(9-5-13)24(18,22)23;/h2-9H,10-11H2,1H3,(H2,18,22,23)(H2,19,20,21);1H. The molecule has 136 valence electrons. The Labute approximate surface area is 169 Å². The average molecular weight is 495 g/mol. The van der Waals surface area contributed by atoms with E-state index in [-0.39, 0.29) is 28.9 Å². The van der Waals surface area contributed by atoms with Crippen LogP contribution in [-0.4, -0.2) is 21.4 Å². The van der Waals surface area contributed by atoms with Crippen LogP contribution in [0.5, 0.6) is 0 Å². The number of guanidine groups is 1. The quantitative estimate of drug-likeness (QED) is 0.338. The molecule has 0 aromatic heterocycles. The van der Waals surface area contributed by atoms with Crippen LogP contribution in [0.15, 0.2) is 58.4 Å². The average Bonchev–Trinajstić information content (AvgIpc) is 2.56. The molecule has 0 amide bonds. The molecule has 0 aliphatic rings. The van der Waals surface area contributed by atoms with Crippen molar-refractivity contribution in [3.05, 3.63) is 64.7 Å². The molecule has 6 nitrogen and oxygen atoms in total. The molecule has 0 saturated heterocycles. The Bertz CT molecular complexity index is 809. The Hall–Kier alpha value is -1.36. The molecule has 2 aromatic carbocycles. The van der Waals surface area contributed by atoms with Crippen LogP contribution in [0.2, 0.25) is 5.02 Å². The fourth-order valence-electron chi connectivity index (χ4n) is 1.99. The van der Waals surface area contributed by atoms with Gasteiger partial charge in [-0.25, -0.2) is 13.6 Å². The van der Waals surface area contributed by atoms with E-state index in [1.807, 2.05) is 24.3 Å². The summed E-state index contributed by atoms with van der Waals surface area (Å²) in [6, 6.07) is 13.9. The third-order valence-electron chi connectivity index (χ3n) is 3.31. The van der Waals surface area contributed by atoms with Gasteiger partial charge >= 0.3 is 0 Å². The van der Waals surface area contributed by atoms with E-state index >= 15 is 0 Å². The van der Waals surface area contributed by atoms with E-state index in [1.54, 1.807) is 19.2 Å². The zero-order valence-corrected chi connectivity index (χ0v) is 17.5. The van der Waals surface area contributed by atoms with Crippen LogP contribution >= 0.6 is 35.6 Å². The van der Waals surface area contributed by atoms with Crippen molar-refractivity contribution in [3.8, 4) is 0 Å². The minimum absolute atomic E-state index is 0. The summed E-state index contributed by atoms with van der Waals surface area (Å²) in [4.78, 5) is 4.24. The van der Waals surface area contributed by atoms with Crippen molar-refractivity contribution >= 4 is 51.6 Å². The molecule has 0 atom stereocenters. The number of benzene rings is 2. The number of nitrogens with one attached hydrogen (secondary N) is 2. The topological polar surface area (TPSA) is 96.6 Å². The first-order valence-electron chi connectivity index (χ1n) is 7.19. The Morgan fingerprint density at radius 3 is 1.84 bits per heavy atom. The van der Waals surface area contributed by atoms with Crippen molar-refractivity contribution in [1.82, 2.24) is 10.6 Å². The second-order valence-electron chi connectivity index (χ2n) is 5.09. The van der Waals surface area contributed by atoms with Crippen LogP contribution in [0.1, 0.15) is 11.1 Å². The van der Waals surface area contributed by atoms with Crippen LogP contribution in [0.3, 0.4) is 0 Å². The lowest BCUT2D eigenvalue weighted by Gasteiger charge is -2.12. The molecule has 2 aromatic rings. The van der Waals surface area contributed by atoms with Gasteiger partial charge in [0.15, 0.2) is 5.96 Å². The van der Waals surface area contributed by atoms with Gasteiger partial charge in [0.05, 0.1) is 4.90 Å². The lowest BCUT2D eigenvalue weighted by molar-refractivity contribution is 0.597. The molecule has 9 heteroatoms. The normalized spacial score (nSPS) is 11.6. The predicted octanol–water partition coefficient (Wildman–Crippen LogP) is 2.47. The van der Waals surface area contributed by atoms with Crippen molar-refractivity contribution in [1.29, 1.82) is 0 Å². The summed E-state index contributed by atoms with van der Waals surface area (Å²) in [6.07, 6.45) is 0. The summed E-state index contributed by atoms with van der Waals surface area (Å²) >= 11 is 5.86. The van der Waals surface area contributed by atoms with Crippen molar-refractivity contribution < 1.29 is 8.42 Å². The highest BCUT2D eigenvalue weighted by Gasteiger charge is 2.06. The Morgan fingerprint density at radius 1 is 1.00 bits per heavy atom. The summed E-state index contributed by atoms with van der Waals surface area (Å²) in [5.74, 6) is 0.639. The van der Waals surface area contributed by atoms with Crippen molar-refractivity contribution in [3.63, 3.8) is 0 Å². The van der Waals surface area contributed by atoms with E-state index < -0.39 is 10.0 Å². The maximum atomic E-state index is 11.2. The number of primary sulfonamides is 1. The van der Waals surface area contributed by atoms with Crippen LogP contribution in [-0.2, 0) is 23.1 Å². The molecule has 0 radical (unpaired) electrons.